The molecule has 30 heavy (non-hydrogen) atoms. The van der Waals surface area contributed by atoms with Crippen LogP contribution in [0, 0.1) is 11.3 Å². The lowest BCUT2D eigenvalue weighted by atomic mass is 9.99. The number of hydrogen-bond acceptors (Lipinski definition) is 4. The van der Waals surface area contributed by atoms with Crippen molar-refractivity contribution >= 4 is 11.6 Å². The Morgan fingerprint density at radius 1 is 1.17 bits per heavy atom. The quantitative estimate of drug-likeness (QED) is 0.538. The van der Waals surface area contributed by atoms with Crippen LogP contribution in [-0.2, 0) is 12.4 Å². The fourth-order valence-electron chi connectivity index (χ4n) is 3.21. The van der Waals surface area contributed by atoms with Crippen LogP contribution in [0.1, 0.15) is 24.1 Å². The number of alkyl halides is 4. The Labute approximate surface area is 176 Å². The Kier molecular flexibility index (Phi) is 6.75. The lowest BCUT2D eigenvalue weighted by Gasteiger charge is -2.15. The predicted molar refractivity (Wildman–Crippen MR) is 108 cm³/mol. The molecule has 5 nitrogen and oxygen atoms in total. The summed E-state index contributed by atoms with van der Waals surface area (Å²) in [5.74, 6) is 0.0919. The Balaban J connectivity index is 2.06. The van der Waals surface area contributed by atoms with Crippen LogP contribution in [0.3, 0.4) is 0 Å². The summed E-state index contributed by atoms with van der Waals surface area (Å²) in [5.41, 5.74) is 9.91. The summed E-state index contributed by atoms with van der Waals surface area (Å²) in [6.45, 7) is 0.0914. The summed E-state index contributed by atoms with van der Waals surface area (Å²) in [6, 6.07) is 11.9. The summed E-state index contributed by atoms with van der Waals surface area (Å²) in [4.78, 5) is 4.03. The largest absolute Gasteiger partial charge is 0.389 e. The third-order valence-electron chi connectivity index (χ3n) is 4.62. The number of nitrogens with zero attached hydrogens (tertiary/aromatic N) is 4. The second kappa shape index (κ2) is 9.28. The van der Waals surface area contributed by atoms with Crippen molar-refractivity contribution in [2.24, 2.45) is 5.73 Å². The Bertz CT molecular complexity index is 1040. The molecule has 0 aliphatic heterocycles. The molecule has 9 heteroatoms. The molecule has 1 atom stereocenters. The number of rotatable bonds is 7. The van der Waals surface area contributed by atoms with E-state index in [4.69, 9.17) is 17.3 Å². The fourth-order valence-corrected chi connectivity index (χ4v) is 3.48. The zero-order valence-electron chi connectivity index (χ0n) is 15.9. The first kappa shape index (κ1) is 21.8. The van der Waals surface area contributed by atoms with E-state index in [9.17, 15) is 18.4 Å². The first-order valence-electron chi connectivity index (χ1n) is 9.21. The second-order valence-corrected chi connectivity index (χ2v) is 7.10. The third kappa shape index (κ3) is 5.17. The Morgan fingerprint density at radius 3 is 2.53 bits per heavy atom. The van der Waals surface area contributed by atoms with E-state index in [2.05, 4.69) is 16.2 Å². The molecule has 0 saturated heterocycles. The number of hydrogen-bond donors (Lipinski definition) is 1. The van der Waals surface area contributed by atoms with Crippen molar-refractivity contribution in [3.05, 3.63) is 60.0 Å². The standard InChI is InChI=1S/C21H19ClF3N5/c22-11-18-19(15-5-8-28-9-6-15)20(16-3-1-2-14(10-16)12-26)29-30(18)13-17(27)4-7-21(23,24)25/h1-3,5-6,8-10,17H,4,7,11,13,27H2/t17-/m0/s1. The Hall–Kier alpha value is -2.89. The van der Waals surface area contributed by atoms with Gasteiger partial charge in [-0.1, -0.05) is 12.1 Å². The maximum Gasteiger partial charge on any atom is 0.389 e. The van der Waals surface area contributed by atoms with Gasteiger partial charge in [-0.3, -0.25) is 9.67 Å². The summed E-state index contributed by atoms with van der Waals surface area (Å²) < 4.78 is 39.2. The first-order chi connectivity index (χ1) is 14.3. The minimum absolute atomic E-state index is 0.0914. The molecule has 0 aliphatic carbocycles. The zero-order chi connectivity index (χ0) is 21.7. The van der Waals surface area contributed by atoms with Gasteiger partial charge >= 0.3 is 6.18 Å². The summed E-state index contributed by atoms with van der Waals surface area (Å²) in [7, 11) is 0. The second-order valence-electron chi connectivity index (χ2n) is 6.83. The number of nitriles is 1. The number of pyridine rings is 1. The molecule has 1 aromatic carbocycles. The van der Waals surface area contributed by atoms with E-state index in [-0.39, 0.29) is 18.8 Å². The monoisotopic (exact) mass is 433 g/mol. The molecular formula is C21H19ClF3N5. The molecule has 2 aromatic heterocycles. The van der Waals surface area contributed by atoms with Crippen LogP contribution in [0.4, 0.5) is 13.2 Å². The van der Waals surface area contributed by atoms with Crippen LogP contribution in [0.15, 0.2) is 48.8 Å². The minimum atomic E-state index is -4.26. The molecule has 0 amide bonds. The van der Waals surface area contributed by atoms with Crippen molar-refractivity contribution in [1.29, 1.82) is 5.26 Å². The van der Waals surface area contributed by atoms with E-state index in [1.54, 1.807) is 47.4 Å². The van der Waals surface area contributed by atoms with Crippen molar-refractivity contribution in [3.63, 3.8) is 0 Å². The van der Waals surface area contributed by atoms with Gasteiger partial charge in [0.25, 0.3) is 0 Å². The molecule has 3 rings (SSSR count). The van der Waals surface area contributed by atoms with Crippen molar-refractivity contribution in [3.8, 4) is 28.5 Å². The van der Waals surface area contributed by atoms with Crippen molar-refractivity contribution < 1.29 is 13.2 Å². The molecule has 2 heterocycles. The van der Waals surface area contributed by atoms with Gasteiger partial charge < -0.3 is 5.73 Å². The summed E-state index contributed by atoms with van der Waals surface area (Å²) in [5, 5.41) is 13.9. The lowest BCUT2D eigenvalue weighted by molar-refractivity contribution is -0.136. The maximum absolute atomic E-state index is 12.6. The van der Waals surface area contributed by atoms with Crippen molar-refractivity contribution in [2.75, 3.05) is 0 Å². The number of benzene rings is 1. The molecular weight excluding hydrogens is 415 g/mol. The topological polar surface area (TPSA) is 80.5 Å². The SMILES string of the molecule is N#Cc1cccc(-c2nn(C[C@@H](N)CCC(F)(F)F)c(CCl)c2-c2ccncc2)c1. The van der Waals surface area contributed by atoms with E-state index < -0.39 is 18.6 Å². The van der Waals surface area contributed by atoms with E-state index in [0.29, 0.717) is 22.5 Å². The average molecular weight is 434 g/mol. The zero-order valence-corrected chi connectivity index (χ0v) is 16.7. The predicted octanol–water partition coefficient (Wildman–Crippen LogP) is 4.89. The minimum Gasteiger partial charge on any atom is -0.326 e. The molecule has 0 saturated carbocycles. The molecule has 2 N–H and O–H groups in total. The van der Waals surface area contributed by atoms with Gasteiger partial charge in [0.2, 0.25) is 0 Å². The van der Waals surface area contributed by atoms with Gasteiger partial charge in [0.05, 0.1) is 29.8 Å². The van der Waals surface area contributed by atoms with Crippen molar-refractivity contribution in [1.82, 2.24) is 14.8 Å². The van der Waals surface area contributed by atoms with Crippen LogP contribution in [0.2, 0.25) is 0 Å². The lowest BCUT2D eigenvalue weighted by Crippen LogP contribution is -2.29. The van der Waals surface area contributed by atoms with Gasteiger partial charge in [-0.2, -0.15) is 23.5 Å². The van der Waals surface area contributed by atoms with E-state index in [1.807, 2.05) is 6.07 Å². The van der Waals surface area contributed by atoms with Gasteiger partial charge in [0.1, 0.15) is 5.69 Å². The van der Waals surface area contributed by atoms with Gasteiger partial charge in [-0.25, -0.2) is 0 Å². The normalized spacial score (nSPS) is 12.5. The molecule has 0 aliphatic rings. The summed E-state index contributed by atoms with van der Waals surface area (Å²) in [6.07, 6.45) is -2.17. The van der Waals surface area contributed by atoms with Crippen LogP contribution < -0.4 is 5.73 Å². The fraction of sp³-hybridized carbons (Fsp3) is 0.286. The van der Waals surface area contributed by atoms with Crippen LogP contribution in [0.25, 0.3) is 22.4 Å². The van der Waals surface area contributed by atoms with Gasteiger partial charge in [0, 0.05) is 36.0 Å². The van der Waals surface area contributed by atoms with E-state index in [1.165, 1.54) is 0 Å². The average Bonchev–Trinajstić information content (AvgIpc) is 3.10. The highest BCUT2D eigenvalue weighted by molar-refractivity contribution is 6.17. The van der Waals surface area contributed by atoms with Gasteiger partial charge in [-0.05, 0) is 36.2 Å². The van der Waals surface area contributed by atoms with E-state index in [0.717, 1.165) is 11.1 Å². The van der Waals surface area contributed by atoms with E-state index >= 15 is 0 Å². The van der Waals surface area contributed by atoms with Gasteiger partial charge in [0.15, 0.2) is 0 Å². The van der Waals surface area contributed by atoms with Crippen LogP contribution in [0.5, 0.6) is 0 Å². The smallest absolute Gasteiger partial charge is 0.326 e. The Morgan fingerprint density at radius 2 is 1.90 bits per heavy atom. The highest BCUT2D eigenvalue weighted by Gasteiger charge is 2.28. The summed E-state index contributed by atoms with van der Waals surface area (Å²) >= 11 is 6.23. The number of aromatic nitrogens is 3. The van der Waals surface area contributed by atoms with Crippen LogP contribution in [-0.4, -0.2) is 27.0 Å². The molecule has 0 unspecified atom stereocenters. The van der Waals surface area contributed by atoms with Crippen LogP contribution >= 0.6 is 11.6 Å². The molecule has 156 valence electrons. The molecule has 3 aromatic rings. The molecule has 0 radical (unpaired) electrons. The first-order valence-corrected chi connectivity index (χ1v) is 9.74. The number of nitrogens with two attached hydrogens (primary N) is 1. The van der Waals surface area contributed by atoms with Gasteiger partial charge in [-0.15, -0.1) is 11.6 Å². The molecule has 0 fully saturated rings. The highest BCUT2D eigenvalue weighted by Crippen LogP contribution is 2.36. The highest BCUT2D eigenvalue weighted by atomic mass is 35.5. The molecule has 0 spiro atoms. The molecule has 0 bridgehead atoms. The third-order valence-corrected chi connectivity index (χ3v) is 4.88. The number of halogens is 4. The van der Waals surface area contributed by atoms with Crippen molar-refractivity contribution in [2.45, 2.75) is 37.5 Å². The maximum atomic E-state index is 12.6.